The van der Waals surface area contributed by atoms with Gasteiger partial charge in [0, 0.05) is 6.54 Å². The summed E-state index contributed by atoms with van der Waals surface area (Å²) in [5.74, 6) is 0. The Morgan fingerprint density at radius 3 is 3.07 bits per heavy atom. The molecule has 0 radical (unpaired) electrons. The number of aromatic nitrogens is 2. The van der Waals surface area contributed by atoms with Crippen LogP contribution in [-0.4, -0.2) is 32.4 Å². The molecule has 0 bridgehead atoms. The van der Waals surface area contributed by atoms with Crippen LogP contribution in [0.1, 0.15) is 24.4 Å². The number of carboxylic acid groups (broad SMARTS) is 1. The van der Waals surface area contributed by atoms with Gasteiger partial charge >= 0.3 is 6.09 Å². The first-order chi connectivity index (χ1) is 7.13. The summed E-state index contributed by atoms with van der Waals surface area (Å²) in [6.07, 6.45) is -0.937. The molecule has 15 heavy (non-hydrogen) atoms. The lowest BCUT2D eigenvalue weighted by atomic mass is 10.1. The van der Waals surface area contributed by atoms with Gasteiger partial charge in [0.1, 0.15) is 6.07 Å². The van der Waals surface area contributed by atoms with E-state index in [0.717, 1.165) is 5.69 Å². The van der Waals surface area contributed by atoms with Gasteiger partial charge in [-0.1, -0.05) is 0 Å². The molecule has 2 heterocycles. The number of hydrogen-bond acceptors (Lipinski definition) is 3. The van der Waals surface area contributed by atoms with E-state index in [1.54, 1.807) is 17.7 Å². The molecule has 1 aliphatic rings. The zero-order valence-corrected chi connectivity index (χ0v) is 8.21. The lowest BCUT2D eigenvalue weighted by molar-refractivity contribution is 0.113. The first-order valence-corrected chi connectivity index (χ1v) is 4.61. The predicted octanol–water partition coefficient (Wildman–Crippen LogP) is 0.809. The van der Waals surface area contributed by atoms with Crippen LogP contribution in [0.2, 0.25) is 0 Å². The minimum atomic E-state index is -0.937. The second kappa shape index (κ2) is 3.28. The number of nitriles is 1. The SMILES string of the molecule is C[C@@H]1c2cc(C#N)nn2CCN1C(=O)O. The van der Waals surface area contributed by atoms with Crippen molar-refractivity contribution in [1.29, 1.82) is 5.26 Å². The number of rotatable bonds is 0. The first kappa shape index (κ1) is 9.52. The van der Waals surface area contributed by atoms with Gasteiger partial charge in [0.05, 0.1) is 18.3 Å². The van der Waals surface area contributed by atoms with Crippen LogP contribution in [0.15, 0.2) is 6.07 Å². The van der Waals surface area contributed by atoms with Crippen LogP contribution in [0, 0.1) is 11.3 Å². The summed E-state index contributed by atoms with van der Waals surface area (Å²) in [5, 5.41) is 21.7. The van der Waals surface area contributed by atoms with E-state index in [-0.39, 0.29) is 6.04 Å². The molecule has 0 aliphatic carbocycles. The monoisotopic (exact) mass is 206 g/mol. The molecule has 6 heteroatoms. The van der Waals surface area contributed by atoms with Crippen LogP contribution in [0.25, 0.3) is 0 Å². The molecule has 1 atom stereocenters. The summed E-state index contributed by atoms with van der Waals surface area (Å²) in [7, 11) is 0. The Hall–Kier alpha value is -2.03. The molecule has 1 aliphatic heterocycles. The fourth-order valence-electron chi connectivity index (χ4n) is 1.82. The van der Waals surface area contributed by atoms with E-state index in [1.807, 2.05) is 6.07 Å². The lowest BCUT2D eigenvalue weighted by Gasteiger charge is -2.31. The minimum Gasteiger partial charge on any atom is -0.465 e. The average Bonchev–Trinajstić information content (AvgIpc) is 2.61. The van der Waals surface area contributed by atoms with E-state index < -0.39 is 6.09 Å². The smallest absolute Gasteiger partial charge is 0.407 e. The summed E-state index contributed by atoms with van der Waals surface area (Å²) in [5.41, 5.74) is 1.12. The molecular weight excluding hydrogens is 196 g/mol. The Bertz CT molecular complexity index is 445. The molecule has 0 fully saturated rings. The summed E-state index contributed by atoms with van der Waals surface area (Å²) in [6, 6.07) is 3.34. The van der Waals surface area contributed by atoms with E-state index in [4.69, 9.17) is 10.4 Å². The molecule has 2 rings (SSSR count). The van der Waals surface area contributed by atoms with Crippen molar-refractivity contribution in [3.05, 3.63) is 17.5 Å². The highest BCUT2D eigenvalue weighted by molar-refractivity contribution is 5.65. The third kappa shape index (κ3) is 1.42. The predicted molar refractivity (Wildman–Crippen MR) is 50.1 cm³/mol. The summed E-state index contributed by atoms with van der Waals surface area (Å²) < 4.78 is 1.70. The van der Waals surface area contributed by atoms with Gasteiger partial charge in [-0.2, -0.15) is 10.4 Å². The van der Waals surface area contributed by atoms with Gasteiger partial charge in [-0.05, 0) is 13.0 Å². The van der Waals surface area contributed by atoms with Crippen LogP contribution in [-0.2, 0) is 6.54 Å². The second-order valence-corrected chi connectivity index (χ2v) is 3.44. The maximum absolute atomic E-state index is 10.9. The molecule has 0 spiro atoms. The Morgan fingerprint density at radius 1 is 1.73 bits per heavy atom. The van der Waals surface area contributed by atoms with Crippen LogP contribution in [0.3, 0.4) is 0 Å². The van der Waals surface area contributed by atoms with Crippen molar-refractivity contribution >= 4 is 6.09 Å². The molecule has 1 amide bonds. The Morgan fingerprint density at radius 2 is 2.47 bits per heavy atom. The highest BCUT2D eigenvalue weighted by atomic mass is 16.4. The highest BCUT2D eigenvalue weighted by Crippen LogP contribution is 2.25. The summed E-state index contributed by atoms with van der Waals surface area (Å²) in [4.78, 5) is 12.2. The third-order valence-corrected chi connectivity index (χ3v) is 2.62. The van der Waals surface area contributed by atoms with E-state index >= 15 is 0 Å². The van der Waals surface area contributed by atoms with E-state index in [2.05, 4.69) is 5.10 Å². The molecule has 0 saturated carbocycles. The van der Waals surface area contributed by atoms with Gasteiger partial charge in [0.25, 0.3) is 0 Å². The number of nitrogens with zero attached hydrogens (tertiary/aromatic N) is 4. The molecule has 78 valence electrons. The van der Waals surface area contributed by atoms with Crippen LogP contribution >= 0.6 is 0 Å². The van der Waals surface area contributed by atoms with Crippen molar-refractivity contribution in [2.45, 2.75) is 19.5 Å². The quantitative estimate of drug-likeness (QED) is 0.680. The van der Waals surface area contributed by atoms with Gasteiger partial charge in [0.2, 0.25) is 0 Å². The molecule has 1 aromatic heterocycles. The maximum atomic E-state index is 10.9. The van der Waals surface area contributed by atoms with Crippen molar-refractivity contribution in [2.75, 3.05) is 6.54 Å². The Kier molecular flexibility index (Phi) is 2.08. The third-order valence-electron chi connectivity index (χ3n) is 2.62. The highest BCUT2D eigenvalue weighted by Gasteiger charge is 2.28. The van der Waals surface area contributed by atoms with E-state index in [0.29, 0.717) is 18.8 Å². The fraction of sp³-hybridized carbons (Fsp3) is 0.444. The number of fused-ring (bicyclic) bond motifs is 1. The normalized spacial score (nSPS) is 19.5. The molecule has 0 saturated heterocycles. The van der Waals surface area contributed by atoms with Crippen molar-refractivity contribution in [2.24, 2.45) is 0 Å². The van der Waals surface area contributed by atoms with Crippen LogP contribution in [0.5, 0.6) is 0 Å². The zero-order valence-electron chi connectivity index (χ0n) is 8.21. The van der Waals surface area contributed by atoms with Crippen molar-refractivity contribution in [3.8, 4) is 6.07 Å². The Labute approximate surface area is 86.3 Å². The van der Waals surface area contributed by atoms with Crippen molar-refractivity contribution < 1.29 is 9.90 Å². The lowest BCUT2D eigenvalue weighted by Crippen LogP contribution is -2.40. The molecule has 0 aromatic carbocycles. The largest absolute Gasteiger partial charge is 0.465 e. The van der Waals surface area contributed by atoms with Crippen molar-refractivity contribution in [1.82, 2.24) is 14.7 Å². The summed E-state index contributed by atoms with van der Waals surface area (Å²) >= 11 is 0. The van der Waals surface area contributed by atoms with Crippen LogP contribution < -0.4 is 0 Å². The minimum absolute atomic E-state index is 0.245. The Balaban J connectivity index is 2.38. The fourth-order valence-corrected chi connectivity index (χ4v) is 1.82. The molecule has 1 aromatic rings. The summed E-state index contributed by atoms with van der Waals surface area (Å²) in [6.45, 7) is 2.71. The molecule has 6 nitrogen and oxygen atoms in total. The van der Waals surface area contributed by atoms with E-state index in [1.165, 1.54) is 4.90 Å². The average molecular weight is 206 g/mol. The van der Waals surface area contributed by atoms with Gasteiger partial charge < -0.3 is 5.11 Å². The standard InChI is InChI=1S/C9H10N4O2/c1-6-8-4-7(5-10)11-13(8)3-2-12(6)9(14)15/h4,6H,2-3H2,1H3,(H,14,15)/t6-/m1/s1. The number of amides is 1. The number of carbonyl (C=O) groups is 1. The van der Waals surface area contributed by atoms with Gasteiger partial charge in [0.15, 0.2) is 5.69 Å². The van der Waals surface area contributed by atoms with Crippen LogP contribution in [0.4, 0.5) is 4.79 Å². The molecule has 1 N–H and O–H groups in total. The first-order valence-electron chi connectivity index (χ1n) is 4.61. The maximum Gasteiger partial charge on any atom is 0.407 e. The second-order valence-electron chi connectivity index (χ2n) is 3.44. The zero-order chi connectivity index (χ0) is 11.0. The van der Waals surface area contributed by atoms with Gasteiger partial charge in [-0.25, -0.2) is 4.79 Å². The van der Waals surface area contributed by atoms with Crippen molar-refractivity contribution in [3.63, 3.8) is 0 Å². The number of hydrogen-bond donors (Lipinski definition) is 1. The van der Waals surface area contributed by atoms with Gasteiger partial charge in [-0.15, -0.1) is 0 Å². The molecular formula is C9H10N4O2. The molecule has 0 unspecified atom stereocenters. The van der Waals surface area contributed by atoms with E-state index in [9.17, 15) is 4.79 Å². The topological polar surface area (TPSA) is 82.2 Å². The van der Waals surface area contributed by atoms with Gasteiger partial charge in [-0.3, -0.25) is 9.58 Å².